The van der Waals surface area contributed by atoms with Crippen LogP contribution in [-0.2, 0) is 6.61 Å². The highest BCUT2D eigenvalue weighted by atomic mass is 19.2. The van der Waals surface area contributed by atoms with Crippen molar-refractivity contribution in [3.8, 4) is 39.5 Å². The highest BCUT2D eigenvalue weighted by Crippen LogP contribution is 2.32. The Morgan fingerprint density at radius 3 is 1.68 bits per heavy atom. The minimum Gasteiger partial charge on any atom is -0.494 e. The van der Waals surface area contributed by atoms with Crippen LogP contribution in [0, 0.1) is 23.3 Å². The van der Waals surface area contributed by atoms with Crippen LogP contribution in [0.15, 0.2) is 72.8 Å². The Balaban J connectivity index is 1.43. The molecule has 38 heavy (non-hydrogen) atoms. The van der Waals surface area contributed by atoms with Gasteiger partial charge in [0.05, 0.1) is 13.2 Å². The fraction of sp³-hybridized carbons (Fsp3) is 0.226. The average Bonchev–Trinajstić information content (AvgIpc) is 2.93. The Bertz CT molecular complexity index is 1370. The summed E-state index contributed by atoms with van der Waals surface area (Å²) in [5.74, 6) is -3.13. The lowest BCUT2D eigenvalue weighted by Gasteiger charge is -2.12. The maximum atomic E-state index is 14.9. The molecule has 0 aliphatic carbocycles. The molecule has 0 fully saturated rings. The van der Waals surface area contributed by atoms with Crippen molar-refractivity contribution in [1.82, 2.24) is 0 Å². The SMILES string of the molecule is CCCCOc1ccc(-c2ccc(COc3ccc(-c4ccc(OCC)c(F)c4F)cc3)c(F)c2F)cc1. The van der Waals surface area contributed by atoms with Crippen molar-refractivity contribution >= 4 is 0 Å². The Kier molecular flexibility index (Phi) is 8.89. The topological polar surface area (TPSA) is 27.7 Å². The number of benzene rings is 4. The number of rotatable bonds is 11. The third-order valence-electron chi connectivity index (χ3n) is 6.00. The van der Waals surface area contributed by atoms with E-state index in [0.29, 0.717) is 29.2 Å². The van der Waals surface area contributed by atoms with E-state index >= 15 is 0 Å². The second kappa shape index (κ2) is 12.5. The largest absolute Gasteiger partial charge is 0.494 e. The van der Waals surface area contributed by atoms with Crippen molar-refractivity contribution in [1.29, 1.82) is 0 Å². The van der Waals surface area contributed by atoms with Crippen LogP contribution in [-0.4, -0.2) is 13.2 Å². The first kappa shape index (κ1) is 27.0. The van der Waals surface area contributed by atoms with Crippen molar-refractivity contribution in [2.75, 3.05) is 13.2 Å². The maximum Gasteiger partial charge on any atom is 0.201 e. The third-order valence-corrected chi connectivity index (χ3v) is 6.00. The Morgan fingerprint density at radius 2 is 1.11 bits per heavy atom. The first-order valence-corrected chi connectivity index (χ1v) is 12.5. The van der Waals surface area contributed by atoms with Crippen molar-refractivity contribution in [2.45, 2.75) is 33.3 Å². The number of unbranched alkanes of at least 4 members (excludes halogenated alkanes) is 1. The maximum absolute atomic E-state index is 14.9. The molecule has 0 saturated carbocycles. The van der Waals surface area contributed by atoms with E-state index in [0.717, 1.165) is 12.8 Å². The number of halogens is 4. The molecule has 4 rings (SSSR count). The van der Waals surface area contributed by atoms with Gasteiger partial charge < -0.3 is 14.2 Å². The van der Waals surface area contributed by atoms with Gasteiger partial charge >= 0.3 is 0 Å². The highest BCUT2D eigenvalue weighted by Gasteiger charge is 2.17. The fourth-order valence-corrected chi connectivity index (χ4v) is 3.90. The predicted octanol–water partition coefficient (Wildman–Crippen LogP) is 8.73. The van der Waals surface area contributed by atoms with E-state index < -0.39 is 23.3 Å². The van der Waals surface area contributed by atoms with Crippen molar-refractivity contribution in [3.63, 3.8) is 0 Å². The van der Waals surface area contributed by atoms with Gasteiger partial charge in [0.25, 0.3) is 0 Å². The second-order valence-corrected chi connectivity index (χ2v) is 8.61. The summed E-state index contributed by atoms with van der Waals surface area (Å²) in [6.07, 6.45) is 1.96. The zero-order chi connectivity index (χ0) is 27.1. The van der Waals surface area contributed by atoms with Crippen LogP contribution in [0.2, 0.25) is 0 Å². The lowest BCUT2D eigenvalue weighted by molar-refractivity contribution is 0.297. The van der Waals surface area contributed by atoms with E-state index in [-0.39, 0.29) is 35.7 Å². The molecule has 0 N–H and O–H groups in total. The Labute approximate surface area is 219 Å². The van der Waals surface area contributed by atoms with E-state index in [9.17, 15) is 17.6 Å². The molecule has 0 amide bonds. The summed E-state index contributed by atoms with van der Waals surface area (Å²) < 4.78 is 74.7. The summed E-state index contributed by atoms with van der Waals surface area (Å²) in [6.45, 7) is 4.37. The molecule has 4 aromatic carbocycles. The van der Waals surface area contributed by atoms with Gasteiger partial charge in [-0.2, -0.15) is 4.39 Å². The molecule has 0 radical (unpaired) electrons. The normalized spacial score (nSPS) is 10.9. The van der Waals surface area contributed by atoms with Crippen LogP contribution in [0.4, 0.5) is 17.6 Å². The average molecular weight is 525 g/mol. The summed E-state index contributed by atoms with van der Waals surface area (Å²) in [5, 5.41) is 0. The lowest BCUT2D eigenvalue weighted by Crippen LogP contribution is -2.02. The minimum absolute atomic E-state index is 0.0504. The molecule has 0 spiro atoms. The van der Waals surface area contributed by atoms with Crippen LogP contribution < -0.4 is 14.2 Å². The van der Waals surface area contributed by atoms with Crippen LogP contribution in [0.25, 0.3) is 22.3 Å². The summed E-state index contributed by atoms with van der Waals surface area (Å²) >= 11 is 0. The molecular weight excluding hydrogens is 496 g/mol. The first-order valence-electron chi connectivity index (χ1n) is 12.5. The lowest BCUT2D eigenvalue weighted by atomic mass is 10.0. The van der Waals surface area contributed by atoms with Gasteiger partial charge in [-0.25, -0.2) is 13.2 Å². The van der Waals surface area contributed by atoms with Crippen molar-refractivity contribution in [3.05, 3.63) is 102 Å². The van der Waals surface area contributed by atoms with Gasteiger partial charge in [0.15, 0.2) is 23.2 Å². The summed E-state index contributed by atoms with van der Waals surface area (Å²) in [4.78, 5) is 0. The van der Waals surface area contributed by atoms with Gasteiger partial charge in [0.1, 0.15) is 18.1 Å². The van der Waals surface area contributed by atoms with E-state index in [2.05, 4.69) is 6.92 Å². The molecule has 0 aromatic heterocycles. The van der Waals surface area contributed by atoms with Gasteiger partial charge in [-0.3, -0.25) is 0 Å². The van der Waals surface area contributed by atoms with Gasteiger partial charge in [-0.15, -0.1) is 0 Å². The quantitative estimate of drug-likeness (QED) is 0.145. The van der Waals surface area contributed by atoms with Crippen molar-refractivity contribution < 1.29 is 31.8 Å². The number of hydrogen-bond acceptors (Lipinski definition) is 3. The van der Waals surface area contributed by atoms with E-state index in [1.54, 1.807) is 55.5 Å². The third kappa shape index (κ3) is 6.10. The second-order valence-electron chi connectivity index (χ2n) is 8.61. The van der Waals surface area contributed by atoms with Crippen LogP contribution >= 0.6 is 0 Å². The highest BCUT2D eigenvalue weighted by molar-refractivity contribution is 5.67. The zero-order valence-electron chi connectivity index (χ0n) is 21.2. The van der Waals surface area contributed by atoms with E-state index in [4.69, 9.17) is 14.2 Å². The van der Waals surface area contributed by atoms with Gasteiger partial charge in [-0.1, -0.05) is 49.7 Å². The molecule has 0 aliphatic heterocycles. The summed E-state index contributed by atoms with van der Waals surface area (Å²) in [5.41, 5.74) is 1.22. The molecule has 0 saturated heterocycles. The molecule has 7 heteroatoms. The number of hydrogen-bond donors (Lipinski definition) is 0. The minimum atomic E-state index is -1.05. The van der Waals surface area contributed by atoms with E-state index in [1.165, 1.54) is 24.3 Å². The first-order chi connectivity index (χ1) is 18.4. The molecule has 0 heterocycles. The predicted molar refractivity (Wildman–Crippen MR) is 139 cm³/mol. The molecule has 0 unspecified atom stereocenters. The number of ether oxygens (including phenoxy) is 3. The van der Waals surface area contributed by atoms with Crippen LogP contribution in [0.3, 0.4) is 0 Å². The monoisotopic (exact) mass is 524 g/mol. The van der Waals surface area contributed by atoms with Gasteiger partial charge in [0, 0.05) is 16.7 Å². The van der Waals surface area contributed by atoms with Gasteiger partial charge in [0.2, 0.25) is 5.82 Å². The fourth-order valence-electron chi connectivity index (χ4n) is 3.90. The summed E-state index contributed by atoms with van der Waals surface area (Å²) in [7, 11) is 0. The smallest absolute Gasteiger partial charge is 0.201 e. The summed E-state index contributed by atoms with van der Waals surface area (Å²) in [6, 6.07) is 18.9. The van der Waals surface area contributed by atoms with Crippen molar-refractivity contribution in [2.24, 2.45) is 0 Å². The molecule has 198 valence electrons. The zero-order valence-corrected chi connectivity index (χ0v) is 21.2. The molecule has 0 atom stereocenters. The Morgan fingerprint density at radius 1 is 0.553 bits per heavy atom. The Hall–Kier alpha value is -4.00. The van der Waals surface area contributed by atoms with Crippen LogP contribution in [0.5, 0.6) is 17.2 Å². The molecule has 3 nitrogen and oxygen atoms in total. The molecule has 0 bridgehead atoms. The van der Waals surface area contributed by atoms with Crippen LogP contribution in [0.1, 0.15) is 32.3 Å². The van der Waals surface area contributed by atoms with E-state index in [1.807, 2.05) is 0 Å². The molecular formula is C31H28F4O3. The standard InChI is InChI=1S/C31H28F4O3/c1-3-5-18-37-23-11-6-20(7-12-23)25-15-10-22(28(32)29(25)33)19-38-24-13-8-21(9-14-24)26-16-17-27(36-4-2)31(35)30(26)34/h6-17H,3-5,18-19H2,1-2H3. The molecule has 4 aromatic rings. The van der Waals surface area contributed by atoms with Gasteiger partial charge in [-0.05, 0) is 60.9 Å². The molecule has 0 aliphatic rings.